The van der Waals surface area contributed by atoms with Crippen molar-refractivity contribution in [1.82, 2.24) is 20.4 Å². The van der Waals surface area contributed by atoms with E-state index in [0.717, 1.165) is 0 Å². The number of aromatic nitrogens is 2. The predicted octanol–water partition coefficient (Wildman–Crippen LogP) is 0.148. The highest BCUT2D eigenvalue weighted by atomic mass is 16.4. The molecule has 2 amide bonds. The van der Waals surface area contributed by atoms with Crippen molar-refractivity contribution in [3.8, 4) is 0 Å². The van der Waals surface area contributed by atoms with Crippen LogP contribution in [0.1, 0.15) is 37.3 Å². The summed E-state index contributed by atoms with van der Waals surface area (Å²) in [5, 5.41) is 27.7. The number of urea groups is 1. The van der Waals surface area contributed by atoms with Crippen LogP contribution in [0, 0.1) is 0 Å². The number of nitrogens with one attached hydrogen (secondary N) is 2. The maximum atomic E-state index is 11.9. The molecule has 116 valence electrons. The van der Waals surface area contributed by atoms with Gasteiger partial charge in [-0.2, -0.15) is 5.10 Å². The molecule has 0 bridgehead atoms. The van der Waals surface area contributed by atoms with E-state index in [2.05, 4.69) is 15.7 Å². The molecule has 8 heteroatoms. The number of carbonyl (C=O) groups excluding carboxylic acids is 1. The number of nitrogens with zero attached hydrogens (tertiary/aromatic N) is 2. The molecule has 1 aliphatic carbocycles. The Balaban J connectivity index is 1.91. The number of aliphatic carboxylic acids is 1. The maximum absolute atomic E-state index is 11.9. The van der Waals surface area contributed by atoms with Crippen LogP contribution in [0.2, 0.25) is 0 Å². The maximum Gasteiger partial charge on any atom is 0.331 e. The first kappa shape index (κ1) is 15.3. The quantitative estimate of drug-likeness (QED) is 0.631. The fourth-order valence-corrected chi connectivity index (χ4v) is 2.46. The Morgan fingerprint density at radius 2 is 2.05 bits per heavy atom. The third-order valence-electron chi connectivity index (χ3n) is 3.61. The SMILES string of the molecule is Cn1cc(C(NC(=O)NC2CCC(O)CC2)C(=O)O)cn1. The Labute approximate surface area is 122 Å². The first-order valence-electron chi connectivity index (χ1n) is 6.92. The van der Waals surface area contributed by atoms with Gasteiger partial charge in [-0.05, 0) is 25.7 Å². The number of aliphatic hydroxyl groups excluding tert-OH is 1. The third-order valence-corrected chi connectivity index (χ3v) is 3.61. The highest BCUT2D eigenvalue weighted by Gasteiger charge is 2.26. The lowest BCUT2D eigenvalue weighted by Gasteiger charge is -2.26. The molecular formula is C13H20N4O4. The molecule has 0 aromatic carbocycles. The predicted molar refractivity (Wildman–Crippen MR) is 73.5 cm³/mol. The largest absolute Gasteiger partial charge is 0.479 e. The van der Waals surface area contributed by atoms with E-state index in [-0.39, 0.29) is 12.1 Å². The molecule has 2 rings (SSSR count). The summed E-state index contributed by atoms with van der Waals surface area (Å²) in [5.74, 6) is -1.14. The van der Waals surface area contributed by atoms with Crippen LogP contribution in [0.5, 0.6) is 0 Å². The molecule has 1 fully saturated rings. The van der Waals surface area contributed by atoms with Crippen molar-refractivity contribution in [2.45, 2.75) is 43.9 Å². The Hall–Kier alpha value is -2.09. The summed E-state index contributed by atoms with van der Waals surface area (Å²) in [6, 6.07) is -1.68. The standard InChI is InChI=1S/C13H20N4O4/c1-17-7-8(6-14-17)11(12(19)20)16-13(21)15-9-2-4-10(18)5-3-9/h6-7,9-11,18H,2-5H2,1H3,(H,19,20)(H2,15,16,21). The highest BCUT2D eigenvalue weighted by molar-refractivity contribution is 5.83. The highest BCUT2D eigenvalue weighted by Crippen LogP contribution is 2.18. The van der Waals surface area contributed by atoms with Crippen LogP contribution in [0.25, 0.3) is 0 Å². The van der Waals surface area contributed by atoms with Gasteiger partial charge in [0, 0.05) is 24.8 Å². The van der Waals surface area contributed by atoms with Crippen molar-refractivity contribution in [3.05, 3.63) is 18.0 Å². The molecule has 0 radical (unpaired) electrons. The van der Waals surface area contributed by atoms with Gasteiger partial charge in [0.25, 0.3) is 0 Å². The van der Waals surface area contributed by atoms with Gasteiger partial charge in [-0.3, -0.25) is 4.68 Å². The fraction of sp³-hybridized carbons (Fsp3) is 0.615. The van der Waals surface area contributed by atoms with Gasteiger partial charge in [0.15, 0.2) is 6.04 Å². The lowest BCUT2D eigenvalue weighted by atomic mass is 9.93. The second-order valence-electron chi connectivity index (χ2n) is 5.34. The second kappa shape index (κ2) is 6.57. The van der Waals surface area contributed by atoms with Crippen LogP contribution < -0.4 is 10.6 Å². The van der Waals surface area contributed by atoms with Gasteiger partial charge in [0.05, 0.1) is 12.3 Å². The molecule has 1 unspecified atom stereocenters. The molecule has 1 aliphatic rings. The number of carboxylic acid groups (broad SMARTS) is 1. The van der Waals surface area contributed by atoms with E-state index in [1.54, 1.807) is 13.2 Å². The average molecular weight is 296 g/mol. The minimum absolute atomic E-state index is 0.0308. The zero-order valence-electron chi connectivity index (χ0n) is 11.8. The zero-order valence-corrected chi connectivity index (χ0v) is 11.8. The normalized spacial score (nSPS) is 23.3. The van der Waals surface area contributed by atoms with Crippen molar-refractivity contribution >= 4 is 12.0 Å². The summed E-state index contributed by atoms with van der Waals surface area (Å²) in [7, 11) is 1.68. The van der Waals surface area contributed by atoms with Gasteiger partial charge >= 0.3 is 12.0 Å². The number of aliphatic hydroxyl groups is 1. The number of hydrogen-bond acceptors (Lipinski definition) is 4. The van der Waals surface area contributed by atoms with Crippen LogP contribution in [-0.4, -0.2) is 44.1 Å². The zero-order chi connectivity index (χ0) is 15.4. The number of aryl methyl sites for hydroxylation is 1. The lowest BCUT2D eigenvalue weighted by Crippen LogP contribution is -2.46. The Morgan fingerprint density at radius 1 is 1.38 bits per heavy atom. The minimum Gasteiger partial charge on any atom is -0.479 e. The van der Waals surface area contributed by atoms with E-state index in [0.29, 0.717) is 31.2 Å². The summed E-state index contributed by atoms with van der Waals surface area (Å²) < 4.78 is 1.48. The van der Waals surface area contributed by atoms with Gasteiger partial charge in [-0.15, -0.1) is 0 Å². The Morgan fingerprint density at radius 3 is 2.57 bits per heavy atom. The van der Waals surface area contributed by atoms with Crippen molar-refractivity contribution in [3.63, 3.8) is 0 Å². The minimum atomic E-state index is -1.14. The van der Waals surface area contributed by atoms with Gasteiger partial charge in [-0.1, -0.05) is 0 Å². The molecule has 1 aromatic heterocycles. The topological polar surface area (TPSA) is 116 Å². The summed E-state index contributed by atoms with van der Waals surface area (Å²) in [4.78, 5) is 23.2. The van der Waals surface area contributed by atoms with Crippen molar-refractivity contribution in [1.29, 1.82) is 0 Å². The van der Waals surface area contributed by atoms with Gasteiger partial charge in [0.2, 0.25) is 0 Å². The summed E-state index contributed by atoms with van der Waals surface area (Å²) >= 11 is 0. The molecule has 0 spiro atoms. The number of amides is 2. The molecule has 4 N–H and O–H groups in total. The van der Waals surface area contributed by atoms with Crippen LogP contribution >= 0.6 is 0 Å². The molecule has 8 nitrogen and oxygen atoms in total. The molecule has 1 aromatic rings. The molecule has 0 aliphatic heterocycles. The number of rotatable bonds is 4. The summed E-state index contributed by atoms with van der Waals surface area (Å²) in [6.07, 6.45) is 5.35. The van der Waals surface area contributed by atoms with Crippen LogP contribution in [0.4, 0.5) is 4.79 Å². The van der Waals surface area contributed by atoms with E-state index in [9.17, 15) is 19.8 Å². The first-order chi connectivity index (χ1) is 9.95. The molecule has 1 heterocycles. The van der Waals surface area contributed by atoms with Crippen molar-refractivity contribution in [2.24, 2.45) is 7.05 Å². The van der Waals surface area contributed by atoms with Crippen LogP contribution in [0.3, 0.4) is 0 Å². The van der Waals surface area contributed by atoms with Gasteiger partial charge in [-0.25, -0.2) is 9.59 Å². The van der Waals surface area contributed by atoms with E-state index in [1.807, 2.05) is 0 Å². The molecule has 21 heavy (non-hydrogen) atoms. The molecule has 1 saturated carbocycles. The summed E-state index contributed by atoms with van der Waals surface area (Å²) in [6.45, 7) is 0. The van der Waals surface area contributed by atoms with Gasteiger partial charge in [0.1, 0.15) is 0 Å². The van der Waals surface area contributed by atoms with E-state index in [1.165, 1.54) is 10.9 Å². The third kappa shape index (κ3) is 4.19. The number of carbonyl (C=O) groups is 2. The average Bonchev–Trinajstić information content (AvgIpc) is 2.85. The second-order valence-corrected chi connectivity index (χ2v) is 5.34. The van der Waals surface area contributed by atoms with E-state index >= 15 is 0 Å². The lowest BCUT2D eigenvalue weighted by molar-refractivity contribution is -0.139. The first-order valence-corrected chi connectivity index (χ1v) is 6.92. The van der Waals surface area contributed by atoms with Crippen LogP contribution in [-0.2, 0) is 11.8 Å². The number of carboxylic acids is 1. The monoisotopic (exact) mass is 296 g/mol. The Kier molecular flexibility index (Phi) is 4.79. The van der Waals surface area contributed by atoms with Crippen LogP contribution in [0.15, 0.2) is 12.4 Å². The number of hydrogen-bond donors (Lipinski definition) is 4. The van der Waals surface area contributed by atoms with Crippen molar-refractivity contribution < 1.29 is 19.8 Å². The molecule has 1 atom stereocenters. The fourth-order valence-electron chi connectivity index (χ4n) is 2.46. The van der Waals surface area contributed by atoms with E-state index < -0.39 is 18.0 Å². The van der Waals surface area contributed by atoms with E-state index in [4.69, 9.17) is 0 Å². The van der Waals surface area contributed by atoms with Gasteiger partial charge < -0.3 is 20.8 Å². The summed E-state index contributed by atoms with van der Waals surface area (Å²) in [5.41, 5.74) is 0.416. The Bertz CT molecular complexity index is 508. The van der Waals surface area contributed by atoms with Crippen molar-refractivity contribution in [2.75, 3.05) is 0 Å². The molecular weight excluding hydrogens is 276 g/mol. The smallest absolute Gasteiger partial charge is 0.331 e. The molecule has 0 saturated heterocycles.